The van der Waals surface area contributed by atoms with E-state index in [0.29, 0.717) is 13.2 Å². The summed E-state index contributed by atoms with van der Waals surface area (Å²) in [5.74, 6) is -0.320. The molecule has 1 rings (SSSR count). The van der Waals surface area contributed by atoms with Gasteiger partial charge in [0.25, 0.3) is 0 Å². The third-order valence-electron chi connectivity index (χ3n) is 2.77. The first-order chi connectivity index (χ1) is 9.87. The fourth-order valence-electron chi connectivity index (χ4n) is 1.77. The van der Waals surface area contributed by atoms with Gasteiger partial charge in [-0.05, 0) is 20.8 Å². The van der Waals surface area contributed by atoms with Gasteiger partial charge >= 0.3 is 12.1 Å². The zero-order valence-electron chi connectivity index (χ0n) is 13.1. The Labute approximate surface area is 125 Å². The first-order valence-electron chi connectivity index (χ1n) is 7.29. The number of hydrogen-bond acceptors (Lipinski definition) is 6. The summed E-state index contributed by atoms with van der Waals surface area (Å²) in [6, 6.07) is 0. The molecule has 1 amide bonds. The van der Waals surface area contributed by atoms with Crippen molar-refractivity contribution in [2.24, 2.45) is 0 Å². The van der Waals surface area contributed by atoms with Crippen molar-refractivity contribution in [1.82, 2.24) is 10.2 Å². The molecule has 7 heteroatoms. The molecule has 21 heavy (non-hydrogen) atoms. The summed E-state index contributed by atoms with van der Waals surface area (Å²) in [5.41, 5.74) is -0.539. The lowest BCUT2D eigenvalue weighted by atomic mass is 10.2. The van der Waals surface area contributed by atoms with Gasteiger partial charge in [-0.2, -0.15) is 0 Å². The molecule has 1 saturated heterocycles. The Morgan fingerprint density at radius 3 is 2.52 bits per heavy atom. The summed E-state index contributed by atoms with van der Waals surface area (Å²) in [7, 11) is 0. The van der Waals surface area contributed by atoms with Crippen LogP contribution in [0.25, 0.3) is 0 Å². The molecule has 0 bridgehead atoms. The smallest absolute Gasteiger partial charge is 0.407 e. The molecule has 0 aromatic heterocycles. The number of hydrogen-bond donors (Lipinski definition) is 1. The van der Waals surface area contributed by atoms with Gasteiger partial charge < -0.3 is 19.5 Å². The van der Waals surface area contributed by atoms with Crippen LogP contribution in [-0.2, 0) is 19.0 Å². The minimum atomic E-state index is -0.539. The first kappa shape index (κ1) is 17.7. The van der Waals surface area contributed by atoms with Crippen LogP contribution < -0.4 is 5.32 Å². The molecule has 1 N–H and O–H groups in total. The van der Waals surface area contributed by atoms with E-state index in [-0.39, 0.29) is 18.9 Å². The van der Waals surface area contributed by atoms with Crippen LogP contribution in [0.1, 0.15) is 27.2 Å². The fourth-order valence-corrected chi connectivity index (χ4v) is 1.77. The Morgan fingerprint density at radius 1 is 1.24 bits per heavy atom. The Morgan fingerprint density at radius 2 is 1.90 bits per heavy atom. The second-order valence-corrected chi connectivity index (χ2v) is 5.85. The zero-order valence-corrected chi connectivity index (χ0v) is 13.1. The molecule has 1 heterocycles. The fraction of sp³-hybridized carbons (Fsp3) is 0.857. The molecule has 1 aliphatic heterocycles. The van der Waals surface area contributed by atoms with Gasteiger partial charge in [-0.25, -0.2) is 4.79 Å². The first-order valence-corrected chi connectivity index (χ1v) is 7.29. The highest BCUT2D eigenvalue weighted by Gasteiger charge is 2.16. The van der Waals surface area contributed by atoms with Crippen LogP contribution in [0.3, 0.4) is 0 Å². The number of alkyl carbamates (subject to hydrolysis) is 1. The van der Waals surface area contributed by atoms with Crippen LogP contribution in [-0.4, -0.2) is 68.6 Å². The number of carbonyl (C=O) groups excluding carboxylic acids is 2. The van der Waals surface area contributed by atoms with E-state index in [9.17, 15) is 9.59 Å². The highest BCUT2D eigenvalue weighted by molar-refractivity contribution is 5.71. The van der Waals surface area contributed by atoms with Crippen molar-refractivity contribution in [2.75, 3.05) is 46.0 Å². The van der Waals surface area contributed by atoms with E-state index in [0.717, 1.165) is 26.3 Å². The van der Waals surface area contributed by atoms with E-state index in [1.807, 2.05) is 0 Å². The van der Waals surface area contributed by atoms with E-state index in [1.54, 1.807) is 20.8 Å². The number of carbonyl (C=O) groups is 2. The molecule has 0 aromatic carbocycles. The van der Waals surface area contributed by atoms with E-state index in [2.05, 4.69) is 10.2 Å². The second-order valence-electron chi connectivity index (χ2n) is 5.85. The third-order valence-corrected chi connectivity index (χ3v) is 2.77. The lowest BCUT2D eigenvalue weighted by molar-refractivity contribution is -0.144. The predicted molar refractivity (Wildman–Crippen MR) is 77.1 cm³/mol. The molecule has 0 spiro atoms. The molecular weight excluding hydrogens is 276 g/mol. The van der Waals surface area contributed by atoms with Gasteiger partial charge in [0.15, 0.2) is 0 Å². The lowest BCUT2D eigenvalue weighted by Crippen LogP contribution is -2.38. The van der Waals surface area contributed by atoms with Crippen LogP contribution in [0.2, 0.25) is 0 Å². The molecule has 0 saturated carbocycles. The number of rotatable bonds is 6. The van der Waals surface area contributed by atoms with Gasteiger partial charge in [0.2, 0.25) is 0 Å². The van der Waals surface area contributed by atoms with Crippen molar-refractivity contribution < 1.29 is 23.8 Å². The summed E-state index contributed by atoms with van der Waals surface area (Å²) < 4.78 is 15.4. The van der Waals surface area contributed by atoms with Crippen molar-refractivity contribution in [3.05, 3.63) is 0 Å². The highest BCUT2D eigenvalue weighted by atomic mass is 16.6. The summed E-state index contributed by atoms with van der Waals surface area (Å²) >= 11 is 0. The van der Waals surface area contributed by atoms with Gasteiger partial charge in [0, 0.05) is 26.2 Å². The van der Waals surface area contributed by atoms with Crippen molar-refractivity contribution >= 4 is 12.1 Å². The Bertz CT molecular complexity index is 335. The molecule has 0 aliphatic carbocycles. The summed E-state index contributed by atoms with van der Waals surface area (Å²) in [5, 5.41) is 2.52. The van der Waals surface area contributed by atoms with E-state index in [4.69, 9.17) is 14.2 Å². The average molecular weight is 302 g/mol. The topological polar surface area (TPSA) is 77.1 Å². The molecule has 0 radical (unpaired) electrons. The minimum Gasteiger partial charge on any atom is -0.464 e. The zero-order chi connectivity index (χ0) is 15.7. The van der Waals surface area contributed by atoms with Crippen molar-refractivity contribution in [3.63, 3.8) is 0 Å². The Balaban J connectivity index is 2.02. The molecule has 0 unspecified atom stereocenters. The largest absolute Gasteiger partial charge is 0.464 e. The number of nitrogens with one attached hydrogen (secondary N) is 1. The molecule has 122 valence electrons. The maximum absolute atomic E-state index is 11.5. The number of nitrogens with zero attached hydrogens (tertiary/aromatic N) is 1. The number of esters is 1. The van der Waals surface area contributed by atoms with Crippen LogP contribution in [0, 0.1) is 0 Å². The summed E-state index contributed by atoms with van der Waals surface area (Å²) in [6.07, 6.45) is -0.383. The SMILES string of the molecule is CC(C)(C)OC(=O)NCCC(=O)OCCN1CCOCC1. The molecule has 7 nitrogen and oxygen atoms in total. The predicted octanol–water partition coefficient (Wildman–Crippen LogP) is 0.777. The van der Waals surface area contributed by atoms with Crippen molar-refractivity contribution in [3.8, 4) is 0 Å². The standard InChI is InChI=1S/C14H26N2O5/c1-14(2,3)21-13(18)15-5-4-12(17)20-11-8-16-6-9-19-10-7-16/h4-11H2,1-3H3,(H,15,18). The van der Waals surface area contributed by atoms with Crippen LogP contribution in [0.15, 0.2) is 0 Å². The van der Waals surface area contributed by atoms with Crippen LogP contribution >= 0.6 is 0 Å². The number of amides is 1. The molecule has 0 aromatic rings. The lowest BCUT2D eigenvalue weighted by Gasteiger charge is -2.26. The summed E-state index contributed by atoms with van der Waals surface area (Å²) in [4.78, 5) is 25.0. The maximum atomic E-state index is 11.5. The number of morpholine rings is 1. The Kier molecular flexibility index (Phi) is 7.45. The second kappa shape index (κ2) is 8.84. The highest BCUT2D eigenvalue weighted by Crippen LogP contribution is 2.06. The van der Waals surface area contributed by atoms with Gasteiger partial charge in [-0.15, -0.1) is 0 Å². The van der Waals surface area contributed by atoms with Crippen molar-refractivity contribution in [2.45, 2.75) is 32.8 Å². The van der Waals surface area contributed by atoms with Gasteiger partial charge in [0.05, 0.1) is 19.6 Å². The van der Waals surface area contributed by atoms with E-state index >= 15 is 0 Å². The van der Waals surface area contributed by atoms with Gasteiger partial charge in [-0.1, -0.05) is 0 Å². The van der Waals surface area contributed by atoms with Crippen molar-refractivity contribution in [1.29, 1.82) is 0 Å². The Hall–Kier alpha value is -1.34. The monoisotopic (exact) mass is 302 g/mol. The van der Waals surface area contributed by atoms with Crippen LogP contribution in [0.5, 0.6) is 0 Å². The minimum absolute atomic E-state index is 0.141. The van der Waals surface area contributed by atoms with Crippen LogP contribution in [0.4, 0.5) is 4.79 Å². The van der Waals surface area contributed by atoms with Gasteiger partial charge in [-0.3, -0.25) is 9.69 Å². The normalized spacial score (nSPS) is 16.3. The molecule has 1 aliphatic rings. The molecule has 1 fully saturated rings. The third kappa shape index (κ3) is 9.25. The number of ether oxygens (including phenoxy) is 3. The van der Waals surface area contributed by atoms with Gasteiger partial charge in [0.1, 0.15) is 12.2 Å². The quantitative estimate of drug-likeness (QED) is 0.731. The molecule has 0 atom stereocenters. The summed E-state index contributed by atoms with van der Waals surface area (Å²) in [6.45, 7) is 9.85. The van der Waals surface area contributed by atoms with E-state index in [1.165, 1.54) is 0 Å². The maximum Gasteiger partial charge on any atom is 0.407 e. The molecular formula is C14H26N2O5. The average Bonchev–Trinajstić information content (AvgIpc) is 2.38. The van der Waals surface area contributed by atoms with E-state index < -0.39 is 11.7 Å².